The van der Waals surface area contributed by atoms with Gasteiger partial charge in [-0.2, -0.15) is 0 Å². The molecular formula is C22H23Cl2N3O3. The van der Waals surface area contributed by atoms with Gasteiger partial charge in [-0.25, -0.2) is 0 Å². The zero-order valence-corrected chi connectivity index (χ0v) is 18.5. The number of anilines is 1. The molecule has 6 nitrogen and oxygen atoms in total. The minimum absolute atomic E-state index is 0.0606. The zero-order chi connectivity index (χ0) is 22.0. The molecule has 30 heavy (non-hydrogen) atoms. The van der Waals surface area contributed by atoms with E-state index >= 15 is 0 Å². The molecule has 2 N–H and O–H groups in total. The van der Waals surface area contributed by atoms with Gasteiger partial charge in [-0.15, -0.1) is 0 Å². The van der Waals surface area contributed by atoms with Gasteiger partial charge in [0.1, 0.15) is 5.75 Å². The number of nitrogens with zero attached hydrogens (tertiary/aromatic N) is 2. The molecule has 0 radical (unpaired) electrons. The Kier molecular flexibility index (Phi) is 6.71. The number of benzene rings is 2. The van der Waals surface area contributed by atoms with Crippen LogP contribution in [-0.4, -0.2) is 47.4 Å². The molecule has 0 atom stereocenters. The standard InChI is InChI=1S/C22H23Cl2N3O3/c1-13-15(7-9-18(28)20(13)24)22(30)27-11-14-6-8-17(23)21(16(14)12-27)25-19(29)5-4-10-26(2)3/h4-9,28H,10-12H2,1-3H3,(H,25,29)/b5-4+. The van der Waals surface area contributed by atoms with Gasteiger partial charge >= 0.3 is 0 Å². The highest BCUT2D eigenvalue weighted by atomic mass is 35.5. The van der Waals surface area contributed by atoms with Gasteiger partial charge in [0.15, 0.2) is 0 Å². The van der Waals surface area contributed by atoms with Crippen molar-refractivity contribution in [1.29, 1.82) is 0 Å². The maximum atomic E-state index is 13.1. The van der Waals surface area contributed by atoms with Gasteiger partial charge in [-0.1, -0.05) is 35.3 Å². The molecule has 158 valence electrons. The van der Waals surface area contributed by atoms with Gasteiger partial charge in [0.2, 0.25) is 5.91 Å². The predicted molar refractivity (Wildman–Crippen MR) is 119 cm³/mol. The number of hydrogen-bond acceptors (Lipinski definition) is 4. The van der Waals surface area contributed by atoms with E-state index in [4.69, 9.17) is 23.2 Å². The number of rotatable bonds is 5. The lowest BCUT2D eigenvalue weighted by Crippen LogP contribution is -2.26. The molecule has 0 bridgehead atoms. The van der Waals surface area contributed by atoms with Crippen LogP contribution in [-0.2, 0) is 17.9 Å². The number of aromatic hydroxyl groups is 1. The maximum Gasteiger partial charge on any atom is 0.254 e. The molecule has 0 saturated carbocycles. The second-order valence-corrected chi connectivity index (χ2v) is 8.23. The SMILES string of the molecule is Cc1c(C(=O)N2Cc3ccc(Cl)c(NC(=O)/C=C/CN(C)C)c3C2)ccc(O)c1Cl. The first-order valence-electron chi connectivity index (χ1n) is 9.39. The molecule has 2 aromatic rings. The number of halogens is 2. The van der Waals surface area contributed by atoms with Crippen molar-refractivity contribution in [3.8, 4) is 5.75 Å². The van der Waals surface area contributed by atoms with Crippen molar-refractivity contribution in [2.75, 3.05) is 26.0 Å². The van der Waals surface area contributed by atoms with Crippen LogP contribution < -0.4 is 5.32 Å². The summed E-state index contributed by atoms with van der Waals surface area (Å²) in [5, 5.41) is 13.2. The van der Waals surface area contributed by atoms with E-state index in [1.807, 2.05) is 25.1 Å². The van der Waals surface area contributed by atoms with Crippen LogP contribution in [0.2, 0.25) is 10.0 Å². The van der Waals surface area contributed by atoms with Crippen LogP contribution in [0.5, 0.6) is 5.75 Å². The Hall–Kier alpha value is -2.54. The number of hydrogen-bond donors (Lipinski definition) is 2. The third kappa shape index (κ3) is 4.61. The van der Waals surface area contributed by atoms with Gasteiger partial charge in [0.05, 0.1) is 15.7 Å². The smallest absolute Gasteiger partial charge is 0.254 e. The maximum absolute atomic E-state index is 13.1. The van der Waals surface area contributed by atoms with Crippen molar-refractivity contribution in [3.63, 3.8) is 0 Å². The highest BCUT2D eigenvalue weighted by Gasteiger charge is 2.29. The normalized spacial score (nSPS) is 13.2. The summed E-state index contributed by atoms with van der Waals surface area (Å²) in [6, 6.07) is 6.55. The van der Waals surface area contributed by atoms with E-state index in [1.165, 1.54) is 12.1 Å². The molecule has 8 heteroatoms. The summed E-state index contributed by atoms with van der Waals surface area (Å²) < 4.78 is 0. The zero-order valence-electron chi connectivity index (χ0n) is 17.0. The Bertz CT molecular complexity index is 1030. The summed E-state index contributed by atoms with van der Waals surface area (Å²) in [6.45, 7) is 3.04. The van der Waals surface area contributed by atoms with E-state index in [-0.39, 0.29) is 22.6 Å². The number of phenols is 1. The van der Waals surface area contributed by atoms with Gasteiger partial charge in [0.25, 0.3) is 5.91 Å². The molecule has 2 aromatic carbocycles. The third-order valence-corrected chi connectivity index (χ3v) is 5.73. The first-order chi connectivity index (χ1) is 14.2. The molecule has 0 spiro atoms. The van der Waals surface area contributed by atoms with Gasteiger partial charge in [-0.05, 0) is 50.3 Å². The number of likely N-dealkylation sites (N-methyl/N-ethyl adjacent to an activating group) is 1. The van der Waals surface area contributed by atoms with Crippen LogP contribution in [0.15, 0.2) is 36.4 Å². The molecule has 0 aliphatic carbocycles. The Morgan fingerprint density at radius 2 is 1.93 bits per heavy atom. The van der Waals surface area contributed by atoms with Crippen molar-refractivity contribution in [3.05, 3.63) is 68.7 Å². The van der Waals surface area contributed by atoms with Crippen molar-refractivity contribution in [2.45, 2.75) is 20.0 Å². The summed E-state index contributed by atoms with van der Waals surface area (Å²) >= 11 is 12.4. The number of carbonyl (C=O) groups excluding carboxylic acids is 2. The average molecular weight is 448 g/mol. The van der Waals surface area contributed by atoms with Crippen LogP contribution in [0.25, 0.3) is 0 Å². The van der Waals surface area contributed by atoms with E-state index in [1.54, 1.807) is 30.0 Å². The van der Waals surface area contributed by atoms with Crippen molar-refractivity contribution in [1.82, 2.24) is 9.80 Å². The van der Waals surface area contributed by atoms with Crippen LogP contribution in [0.3, 0.4) is 0 Å². The second kappa shape index (κ2) is 9.08. The molecule has 0 fully saturated rings. The van der Waals surface area contributed by atoms with Crippen molar-refractivity contribution in [2.24, 2.45) is 0 Å². The number of amides is 2. The lowest BCUT2D eigenvalue weighted by molar-refractivity contribution is -0.111. The molecule has 1 aliphatic heterocycles. The Morgan fingerprint density at radius 1 is 1.20 bits per heavy atom. The molecule has 0 saturated heterocycles. The second-order valence-electron chi connectivity index (χ2n) is 7.45. The van der Waals surface area contributed by atoms with E-state index in [2.05, 4.69) is 5.32 Å². The van der Waals surface area contributed by atoms with Crippen LogP contribution in [0.1, 0.15) is 27.0 Å². The topological polar surface area (TPSA) is 72.9 Å². The average Bonchev–Trinajstić information content (AvgIpc) is 3.12. The number of nitrogens with one attached hydrogen (secondary N) is 1. The lowest BCUT2D eigenvalue weighted by atomic mass is 10.1. The predicted octanol–water partition coefficient (Wildman–Crippen LogP) is 4.22. The molecule has 2 amide bonds. The fourth-order valence-corrected chi connectivity index (χ4v) is 3.72. The first kappa shape index (κ1) is 22.2. The van der Waals surface area contributed by atoms with E-state index in [0.29, 0.717) is 41.5 Å². The summed E-state index contributed by atoms with van der Waals surface area (Å²) in [5.74, 6) is -0.544. The third-order valence-electron chi connectivity index (χ3n) is 4.94. The quantitative estimate of drug-likeness (QED) is 0.672. The van der Waals surface area contributed by atoms with Crippen LogP contribution in [0.4, 0.5) is 5.69 Å². The number of carbonyl (C=O) groups is 2. The highest BCUT2D eigenvalue weighted by molar-refractivity contribution is 6.34. The van der Waals surface area contributed by atoms with Gasteiger partial charge in [0, 0.05) is 36.8 Å². The fourth-order valence-electron chi connectivity index (χ4n) is 3.33. The molecule has 0 aromatic heterocycles. The molecule has 3 rings (SSSR count). The summed E-state index contributed by atoms with van der Waals surface area (Å²) in [6.07, 6.45) is 3.23. The molecular weight excluding hydrogens is 425 g/mol. The highest BCUT2D eigenvalue weighted by Crippen LogP contribution is 2.37. The Balaban J connectivity index is 1.82. The van der Waals surface area contributed by atoms with E-state index in [9.17, 15) is 14.7 Å². The molecule has 1 heterocycles. The largest absolute Gasteiger partial charge is 0.506 e. The fraction of sp³-hybridized carbons (Fsp3) is 0.273. The molecule has 0 unspecified atom stereocenters. The minimum atomic E-state index is -0.280. The summed E-state index contributed by atoms with van der Waals surface area (Å²) in [4.78, 5) is 29.0. The number of fused-ring (bicyclic) bond motifs is 1. The van der Waals surface area contributed by atoms with E-state index < -0.39 is 0 Å². The Labute approximate surface area is 185 Å². The summed E-state index contributed by atoms with van der Waals surface area (Å²) in [5.41, 5.74) is 3.20. The van der Waals surface area contributed by atoms with E-state index in [0.717, 1.165) is 11.1 Å². The minimum Gasteiger partial charge on any atom is -0.506 e. The summed E-state index contributed by atoms with van der Waals surface area (Å²) in [7, 11) is 3.83. The number of phenolic OH excluding ortho intramolecular Hbond substituents is 1. The monoisotopic (exact) mass is 447 g/mol. The van der Waals surface area contributed by atoms with Crippen LogP contribution in [0, 0.1) is 6.92 Å². The Morgan fingerprint density at radius 3 is 2.63 bits per heavy atom. The first-order valence-corrected chi connectivity index (χ1v) is 10.1. The van der Waals surface area contributed by atoms with Crippen molar-refractivity contribution < 1.29 is 14.7 Å². The van der Waals surface area contributed by atoms with Gasteiger partial charge in [-0.3, -0.25) is 9.59 Å². The van der Waals surface area contributed by atoms with Crippen LogP contribution >= 0.6 is 23.2 Å². The molecule has 1 aliphatic rings. The van der Waals surface area contributed by atoms with Gasteiger partial charge < -0.3 is 20.2 Å². The van der Waals surface area contributed by atoms with Crippen molar-refractivity contribution >= 4 is 40.7 Å². The lowest BCUT2D eigenvalue weighted by Gasteiger charge is -2.18.